The molecule has 28 heavy (non-hydrogen) atoms. The van der Waals surface area contributed by atoms with Crippen molar-refractivity contribution in [3.8, 4) is 22.8 Å². The summed E-state index contributed by atoms with van der Waals surface area (Å²) in [5.41, 5.74) is 2.69. The summed E-state index contributed by atoms with van der Waals surface area (Å²) in [5, 5.41) is 3.59. The summed E-state index contributed by atoms with van der Waals surface area (Å²) in [6.07, 6.45) is 2.03. The Morgan fingerprint density at radius 1 is 1.11 bits per heavy atom. The minimum atomic E-state index is 0.735. The zero-order valence-electron chi connectivity index (χ0n) is 16.4. The molecule has 0 spiro atoms. The molecule has 148 valence electrons. The average Bonchev–Trinajstić information content (AvgIpc) is 3.12. The van der Waals surface area contributed by atoms with Gasteiger partial charge in [-0.2, -0.15) is 0 Å². The van der Waals surface area contributed by atoms with Gasteiger partial charge in [0.2, 0.25) is 0 Å². The molecule has 3 aromatic rings. The molecular weight excluding hydrogens is 356 g/mol. The Bertz CT molecular complexity index is 935. The lowest BCUT2D eigenvalue weighted by atomic mass is 10.1. The van der Waals surface area contributed by atoms with E-state index in [0.717, 1.165) is 73.6 Å². The molecule has 0 atom stereocenters. The van der Waals surface area contributed by atoms with Gasteiger partial charge >= 0.3 is 0 Å². The van der Waals surface area contributed by atoms with Crippen molar-refractivity contribution in [2.24, 2.45) is 0 Å². The highest BCUT2D eigenvalue weighted by Gasteiger charge is 2.18. The third-order valence-corrected chi connectivity index (χ3v) is 5.02. The number of imidazole rings is 1. The first-order chi connectivity index (χ1) is 13.8. The smallest absolute Gasteiger partial charge is 0.139 e. The Morgan fingerprint density at radius 2 is 1.96 bits per heavy atom. The largest absolute Gasteiger partial charge is 0.497 e. The zero-order chi connectivity index (χ0) is 19.3. The second-order valence-corrected chi connectivity index (χ2v) is 6.68. The number of hydrogen-bond acceptors (Lipinski definition) is 6. The van der Waals surface area contributed by atoms with Crippen LogP contribution in [0.1, 0.15) is 0 Å². The second kappa shape index (κ2) is 8.50. The molecule has 4 rings (SSSR count). The number of methoxy groups -OCH3 is 2. The standard InChI is InChI=1S/C21H26N4O3/c1-26-16-6-7-17(18(15-16)27-2)20-21(25-9-4-3-5-19(25)23-20)22-8-10-24-11-13-28-14-12-24/h3-7,9,15,22H,8,10-14H2,1-2H3. The predicted molar refractivity (Wildman–Crippen MR) is 109 cm³/mol. The Kier molecular flexibility index (Phi) is 5.64. The molecule has 1 aromatic carbocycles. The van der Waals surface area contributed by atoms with Crippen molar-refractivity contribution < 1.29 is 14.2 Å². The first-order valence-electron chi connectivity index (χ1n) is 9.53. The number of rotatable bonds is 7. The molecule has 1 N–H and O–H groups in total. The van der Waals surface area contributed by atoms with Crippen LogP contribution in [0.3, 0.4) is 0 Å². The maximum atomic E-state index is 5.61. The van der Waals surface area contributed by atoms with Crippen LogP contribution < -0.4 is 14.8 Å². The molecule has 7 heteroatoms. The summed E-state index contributed by atoms with van der Waals surface area (Å²) in [4.78, 5) is 7.27. The van der Waals surface area contributed by atoms with Crippen molar-refractivity contribution >= 4 is 11.5 Å². The lowest BCUT2D eigenvalue weighted by molar-refractivity contribution is 0.0398. The third-order valence-electron chi connectivity index (χ3n) is 5.02. The van der Waals surface area contributed by atoms with Crippen molar-refractivity contribution in [2.75, 3.05) is 58.9 Å². The van der Waals surface area contributed by atoms with Crippen molar-refractivity contribution in [3.63, 3.8) is 0 Å². The van der Waals surface area contributed by atoms with Crippen LogP contribution in [-0.2, 0) is 4.74 Å². The van der Waals surface area contributed by atoms with E-state index in [1.54, 1.807) is 14.2 Å². The van der Waals surface area contributed by atoms with Gasteiger partial charge in [-0.15, -0.1) is 0 Å². The van der Waals surface area contributed by atoms with E-state index in [0.29, 0.717) is 0 Å². The van der Waals surface area contributed by atoms with Gasteiger partial charge in [0.05, 0.1) is 27.4 Å². The summed E-state index contributed by atoms with van der Waals surface area (Å²) in [6.45, 7) is 5.37. The van der Waals surface area contributed by atoms with E-state index < -0.39 is 0 Å². The number of benzene rings is 1. The van der Waals surface area contributed by atoms with Crippen LogP contribution in [0, 0.1) is 0 Å². The van der Waals surface area contributed by atoms with Crippen molar-refractivity contribution in [1.82, 2.24) is 14.3 Å². The highest BCUT2D eigenvalue weighted by molar-refractivity contribution is 5.80. The molecule has 0 saturated carbocycles. The molecule has 0 aliphatic carbocycles. The number of aromatic nitrogens is 2. The number of nitrogens with one attached hydrogen (secondary N) is 1. The van der Waals surface area contributed by atoms with Gasteiger partial charge in [-0.3, -0.25) is 9.30 Å². The maximum absolute atomic E-state index is 5.61. The zero-order valence-corrected chi connectivity index (χ0v) is 16.4. The fourth-order valence-corrected chi connectivity index (χ4v) is 3.50. The van der Waals surface area contributed by atoms with E-state index in [9.17, 15) is 0 Å². The van der Waals surface area contributed by atoms with Crippen LogP contribution in [0.15, 0.2) is 42.6 Å². The molecule has 7 nitrogen and oxygen atoms in total. The molecule has 0 amide bonds. The topological polar surface area (TPSA) is 60.3 Å². The molecular formula is C21H26N4O3. The number of morpholine rings is 1. The Hall–Kier alpha value is -2.77. The molecule has 1 aliphatic rings. The number of nitrogens with zero attached hydrogens (tertiary/aromatic N) is 3. The number of pyridine rings is 1. The van der Waals surface area contributed by atoms with Crippen LogP contribution in [0.25, 0.3) is 16.9 Å². The first kappa shape index (κ1) is 18.6. The molecule has 2 aromatic heterocycles. The molecule has 3 heterocycles. The summed E-state index contributed by atoms with van der Waals surface area (Å²) in [6, 6.07) is 11.8. The molecule has 0 bridgehead atoms. The van der Waals surface area contributed by atoms with Gasteiger partial charge in [-0.25, -0.2) is 4.98 Å². The van der Waals surface area contributed by atoms with Crippen molar-refractivity contribution in [3.05, 3.63) is 42.6 Å². The lowest BCUT2D eigenvalue weighted by Gasteiger charge is -2.26. The monoisotopic (exact) mass is 382 g/mol. The van der Waals surface area contributed by atoms with Gasteiger partial charge in [0.1, 0.15) is 28.7 Å². The van der Waals surface area contributed by atoms with Crippen LogP contribution in [0.2, 0.25) is 0 Å². The van der Waals surface area contributed by atoms with Gasteiger partial charge in [-0.05, 0) is 24.3 Å². The number of hydrogen-bond donors (Lipinski definition) is 1. The van der Waals surface area contributed by atoms with E-state index in [1.807, 2.05) is 42.6 Å². The molecule has 1 saturated heterocycles. The van der Waals surface area contributed by atoms with Crippen LogP contribution in [0.4, 0.5) is 5.82 Å². The highest BCUT2D eigenvalue weighted by atomic mass is 16.5. The molecule has 0 unspecified atom stereocenters. The van der Waals surface area contributed by atoms with Crippen molar-refractivity contribution in [1.29, 1.82) is 0 Å². The normalized spacial score (nSPS) is 14.9. The fourth-order valence-electron chi connectivity index (χ4n) is 3.50. The summed E-state index contributed by atoms with van der Waals surface area (Å²) < 4.78 is 18.5. The maximum Gasteiger partial charge on any atom is 0.139 e. The minimum Gasteiger partial charge on any atom is -0.497 e. The third kappa shape index (κ3) is 3.76. The van der Waals surface area contributed by atoms with Crippen molar-refractivity contribution in [2.45, 2.75) is 0 Å². The van der Waals surface area contributed by atoms with E-state index in [-0.39, 0.29) is 0 Å². The van der Waals surface area contributed by atoms with Crippen LogP contribution in [0.5, 0.6) is 11.5 Å². The fraction of sp³-hybridized carbons (Fsp3) is 0.381. The van der Waals surface area contributed by atoms with Gasteiger partial charge in [-0.1, -0.05) is 6.07 Å². The summed E-state index contributed by atoms with van der Waals surface area (Å²) in [7, 11) is 3.32. The minimum absolute atomic E-state index is 0.735. The quantitative estimate of drug-likeness (QED) is 0.678. The Balaban J connectivity index is 1.65. The van der Waals surface area contributed by atoms with E-state index in [1.165, 1.54) is 0 Å². The van der Waals surface area contributed by atoms with E-state index >= 15 is 0 Å². The van der Waals surface area contributed by atoms with Crippen LogP contribution in [-0.4, -0.2) is 67.9 Å². The Morgan fingerprint density at radius 3 is 2.75 bits per heavy atom. The van der Waals surface area contributed by atoms with E-state index in [2.05, 4.69) is 14.6 Å². The van der Waals surface area contributed by atoms with Gasteiger partial charge < -0.3 is 19.5 Å². The predicted octanol–water partition coefficient (Wildman–Crippen LogP) is 2.76. The number of ether oxygens (including phenoxy) is 3. The van der Waals surface area contributed by atoms with Gasteiger partial charge in [0, 0.05) is 44.0 Å². The Labute approximate surface area is 164 Å². The second-order valence-electron chi connectivity index (χ2n) is 6.68. The number of anilines is 1. The highest BCUT2D eigenvalue weighted by Crippen LogP contribution is 2.37. The van der Waals surface area contributed by atoms with Gasteiger partial charge in [0.25, 0.3) is 0 Å². The number of fused-ring (bicyclic) bond motifs is 1. The molecule has 1 fully saturated rings. The molecule has 1 aliphatic heterocycles. The van der Waals surface area contributed by atoms with E-state index in [4.69, 9.17) is 19.2 Å². The van der Waals surface area contributed by atoms with Gasteiger partial charge in [0.15, 0.2) is 0 Å². The first-order valence-corrected chi connectivity index (χ1v) is 9.53. The average molecular weight is 382 g/mol. The van der Waals surface area contributed by atoms with Crippen LogP contribution >= 0.6 is 0 Å². The molecule has 0 radical (unpaired) electrons. The summed E-state index contributed by atoms with van der Waals surface area (Å²) >= 11 is 0. The lowest BCUT2D eigenvalue weighted by Crippen LogP contribution is -2.39. The SMILES string of the molecule is COc1ccc(-c2nc3ccccn3c2NCCN2CCOCC2)c(OC)c1. The summed E-state index contributed by atoms with van der Waals surface area (Å²) in [5.74, 6) is 2.46.